The second-order valence-electron chi connectivity index (χ2n) is 6.78. The van der Waals surface area contributed by atoms with Gasteiger partial charge in [-0.1, -0.05) is 24.8 Å². The summed E-state index contributed by atoms with van der Waals surface area (Å²) in [5.74, 6) is 1.91. The van der Waals surface area contributed by atoms with Crippen molar-refractivity contribution in [1.29, 1.82) is 5.26 Å². The molecule has 3 heterocycles. The third-order valence-corrected chi connectivity index (χ3v) is 5.27. The van der Waals surface area contributed by atoms with Crippen LogP contribution < -0.4 is 5.32 Å². The molecule has 2 saturated heterocycles. The Labute approximate surface area is 139 Å². The molecule has 0 radical (unpaired) electrons. The summed E-state index contributed by atoms with van der Waals surface area (Å²) < 4.78 is 1.80. The summed E-state index contributed by atoms with van der Waals surface area (Å²) in [6.07, 6.45) is 2.69. The number of carbonyl (C=O) groups is 2. The van der Waals surface area contributed by atoms with Gasteiger partial charge in [0.05, 0.1) is 17.1 Å². The quantitative estimate of drug-likeness (QED) is 0.674. The van der Waals surface area contributed by atoms with E-state index in [9.17, 15) is 9.59 Å². The van der Waals surface area contributed by atoms with Gasteiger partial charge in [-0.2, -0.15) is 5.10 Å². The van der Waals surface area contributed by atoms with Crippen LogP contribution in [0.1, 0.15) is 35.9 Å². The van der Waals surface area contributed by atoms with E-state index in [2.05, 4.69) is 28.5 Å². The number of nitriles is 1. The van der Waals surface area contributed by atoms with Crippen molar-refractivity contribution < 1.29 is 9.59 Å². The van der Waals surface area contributed by atoms with E-state index in [1.54, 1.807) is 4.68 Å². The minimum atomic E-state index is -0.371. The summed E-state index contributed by atoms with van der Waals surface area (Å²) in [6, 6.07) is 6.23. The molecule has 24 heavy (non-hydrogen) atoms. The lowest BCUT2D eigenvalue weighted by molar-refractivity contribution is -0.134. The summed E-state index contributed by atoms with van der Waals surface area (Å²) in [6.45, 7) is 0.177. The molecule has 2 fully saturated rings. The summed E-state index contributed by atoms with van der Waals surface area (Å²) in [4.78, 5) is 23.5. The molecule has 2 amide bonds. The van der Waals surface area contributed by atoms with Gasteiger partial charge in [0.25, 0.3) is 6.71 Å². The molecular weight excluding hydrogens is 303 g/mol. The van der Waals surface area contributed by atoms with E-state index in [0.29, 0.717) is 18.8 Å². The lowest BCUT2D eigenvalue weighted by Gasteiger charge is -2.28. The highest BCUT2D eigenvalue weighted by atomic mass is 16.2. The van der Waals surface area contributed by atoms with E-state index >= 15 is 0 Å². The minimum Gasteiger partial charge on any atom is -0.296 e. The van der Waals surface area contributed by atoms with Gasteiger partial charge in [-0.3, -0.25) is 19.6 Å². The highest BCUT2D eigenvalue weighted by molar-refractivity contribution is 6.70. The Kier molecular flexibility index (Phi) is 3.41. The average molecular weight is 320 g/mol. The van der Waals surface area contributed by atoms with Crippen molar-refractivity contribution in [1.82, 2.24) is 15.1 Å². The van der Waals surface area contributed by atoms with Crippen LogP contribution >= 0.6 is 0 Å². The van der Waals surface area contributed by atoms with Crippen LogP contribution in [0.3, 0.4) is 0 Å². The standard InChI is InChI=1S/C17H17BN4O2/c1-22-14-6-10(11-7-18(8-11)9-19)2-3-12(14)16(21-22)13-4-5-15(23)20-17(13)24/h2-3,6,11,13H,4-5,7-8H2,1H3,(H,20,23,24). The number of carbonyl (C=O) groups excluding carboxylic acids is 2. The van der Waals surface area contributed by atoms with Crippen molar-refractivity contribution in [3.8, 4) is 5.97 Å². The Bertz CT molecular complexity index is 892. The predicted molar refractivity (Wildman–Crippen MR) is 89.6 cm³/mol. The number of amides is 2. The minimum absolute atomic E-state index is 0.177. The maximum atomic E-state index is 12.1. The van der Waals surface area contributed by atoms with Crippen LogP contribution in [-0.4, -0.2) is 28.3 Å². The van der Waals surface area contributed by atoms with Crippen LogP contribution in [0.2, 0.25) is 12.6 Å². The maximum Gasteiger partial charge on any atom is 0.269 e. The van der Waals surface area contributed by atoms with Crippen molar-refractivity contribution in [3.63, 3.8) is 0 Å². The summed E-state index contributed by atoms with van der Waals surface area (Å²) >= 11 is 0. The molecule has 120 valence electrons. The fraction of sp³-hybridized carbons (Fsp3) is 0.412. The van der Waals surface area contributed by atoms with Gasteiger partial charge in [-0.15, -0.1) is 0 Å². The second kappa shape index (κ2) is 5.48. The number of imide groups is 1. The topological polar surface area (TPSA) is 87.8 Å². The molecule has 1 N–H and O–H groups in total. The van der Waals surface area contributed by atoms with Crippen molar-refractivity contribution in [2.45, 2.75) is 37.3 Å². The first-order valence-electron chi connectivity index (χ1n) is 8.26. The molecule has 1 aromatic heterocycles. The molecule has 7 heteroatoms. The van der Waals surface area contributed by atoms with Crippen molar-refractivity contribution in [2.24, 2.45) is 7.05 Å². The largest absolute Gasteiger partial charge is 0.296 e. The number of fused-ring (bicyclic) bond motifs is 1. The molecule has 0 aliphatic carbocycles. The average Bonchev–Trinajstić information content (AvgIpc) is 2.83. The number of aryl methyl sites for hydroxylation is 1. The smallest absolute Gasteiger partial charge is 0.269 e. The molecule has 1 aromatic carbocycles. The number of piperidine rings is 1. The van der Waals surface area contributed by atoms with Gasteiger partial charge in [-0.05, 0) is 24.0 Å². The van der Waals surface area contributed by atoms with Crippen molar-refractivity contribution in [3.05, 3.63) is 29.5 Å². The Morgan fingerprint density at radius 2 is 2.17 bits per heavy atom. The monoisotopic (exact) mass is 320 g/mol. The van der Waals surface area contributed by atoms with Gasteiger partial charge in [-0.25, -0.2) is 5.26 Å². The first-order valence-corrected chi connectivity index (χ1v) is 8.26. The molecule has 4 rings (SSSR count). The first-order chi connectivity index (χ1) is 11.6. The van der Waals surface area contributed by atoms with E-state index in [1.165, 1.54) is 5.56 Å². The SMILES string of the molecule is Cn1nc(C2CCC(=O)NC2=O)c2ccc(C3CB(C#N)C3)cc21. The molecule has 2 aliphatic heterocycles. The van der Waals surface area contributed by atoms with Gasteiger partial charge >= 0.3 is 0 Å². The maximum absolute atomic E-state index is 12.1. The molecule has 0 bridgehead atoms. The number of nitrogens with one attached hydrogen (secondary N) is 1. The molecule has 1 atom stereocenters. The predicted octanol–water partition coefficient (Wildman–Crippen LogP) is 1.75. The zero-order chi connectivity index (χ0) is 16.8. The number of benzene rings is 1. The van der Waals surface area contributed by atoms with Crippen LogP contribution in [0.25, 0.3) is 10.9 Å². The van der Waals surface area contributed by atoms with Crippen LogP contribution in [0, 0.1) is 11.2 Å². The van der Waals surface area contributed by atoms with E-state index in [4.69, 9.17) is 5.26 Å². The van der Waals surface area contributed by atoms with Crippen LogP contribution in [0.4, 0.5) is 0 Å². The Balaban J connectivity index is 1.68. The fourth-order valence-electron chi connectivity index (χ4n) is 3.76. The van der Waals surface area contributed by atoms with Crippen molar-refractivity contribution in [2.75, 3.05) is 0 Å². The van der Waals surface area contributed by atoms with E-state index in [-0.39, 0.29) is 24.4 Å². The fourth-order valence-corrected chi connectivity index (χ4v) is 3.76. The van der Waals surface area contributed by atoms with Gasteiger partial charge in [0.2, 0.25) is 11.8 Å². The van der Waals surface area contributed by atoms with E-state index in [0.717, 1.165) is 29.2 Å². The lowest BCUT2D eigenvalue weighted by atomic mass is 9.32. The number of hydrogen-bond acceptors (Lipinski definition) is 4. The lowest BCUT2D eigenvalue weighted by Crippen LogP contribution is -2.39. The van der Waals surface area contributed by atoms with Crippen LogP contribution in [0.5, 0.6) is 0 Å². The third-order valence-electron chi connectivity index (χ3n) is 5.27. The molecule has 2 aromatic rings. The second-order valence-corrected chi connectivity index (χ2v) is 6.78. The molecule has 1 unspecified atom stereocenters. The Hall–Kier alpha value is -2.62. The van der Waals surface area contributed by atoms with Crippen LogP contribution in [-0.2, 0) is 16.6 Å². The number of rotatable bonds is 2. The zero-order valence-corrected chi connectivity index (χ0v) is 13.5. The summed E-state index contributed by atoms with van der Waals surface area (Å²) in [7, 11) is 1.88. The Morgan fingerprint density at radius 1 is 1.38 bits per heavy atom. The molecule has 2 aliphatic rings. The molecular formula is C17H17BN4O2. The van der Waals surface area contributed by atoms with E-state index in [1.807, 2.05) is 13.1 Å². The summed E-state index contributed by atoms with van der Waals surface area (Å²) in [5.41, 5.74) is 2.96. The first kappa shape index (κ1) is 14.9. The van der Waals surface area contributed by atoms with Gasteiger partial charge in [0.1, 0.15) is 0 Å². The Morgan fingerprint density at radius 3 is 2.88 bits per heavy atom. The van der Waals surface area contributed by atoms with Gasteiger partial charge in [0.15, 0.2) is 0 Å². The van der Waals surface area contributed by atoms with Gasteiger partial charge < -0.3 is 0 Å². The molecule has 0 spiro atoms. The van der Waals surface area contributed by atoms with Crippen molar-refractivity contribution >= 4 is 29.4 Å². The van der Waals surface area contributed by atoms with Gasteiger partial charge in [0, 0.05) is 24.8 Å². The normalized spacial score (nSPS) is 21.5. The molecule has 6 nitrogen and oxygen atoms in total. The highest BCUT2D eigenvalue weighted by Crippen LogP contribution is 2.39. The van der Waals surface area contributed by atoms with E-state index < -0.39 is 0 Å². The number of aromatic nitrogens is 2. The van der Waals surface area contributed by atoms with Crippen LogP contribution in [0.15, 0.2) is 18.2 Å². The number of nitrogens with zero attached hydrogens (tertiary/aromatic N) is 3. The highest BCUT2D eigenvalue weighted by Gasteiger charge is 2.35. The zero-order valence-electron chi connectivity index (χ0n) is 13.5. The molecule has 0 saturated carbocycles. The third kappa shape index (κ3) is 2.30. The summed E-state index contributed by atoms with van der Waals surface area (Å²) in [5, 5.41) is 16.9. The number of hydrogen-bond donors (Lipinski definition) is 1.